The molecule has 2 aromatic rings. The molecule has 1 atom stereocenters. The average molecular weight is 347 g/mol. The van der Waals surface area contributed by atoms with E-state index >= 15 is 0 Å². The second-order valence-electron chi connectivity index (χ2n) is 6.56. The molecule has 0 bridgehead atoms. The fourth-order valence-electron chi connectivity index (χ4n) is 3.06. The molecule has 0 unspecified atom stereocenters. The summed E-state index contributed by atoms with van der Waals surface area (Å²) in [6.07, 6.45) is 4.53. The summed E-state index contributed by atoms with van der Waals surface area (Å²) in [6, 6.07) is 3.95. The zero-order chi connectivity index (χ0) is 16.9. The molecule has 130 valence electrons. The summed E-state index contributed by atoms with van der Waals surface area (Å²) in [7, 11) is 0. The Morgan fingerprint density at radius 1 is 1.33 bits per heavy atom. The van der Waals surface area contributed by atoms with E-state index in [0.29, 0.717) is 12.5 Å². The largest absolute Gasteiger partial charge is 0.331 e. The first-order valence-corrected chi connectivity index (χ1v) is 9.52. The van der Waals surface area contributed by atoms with Gasteiger partial charge in [0.25, 0.3) is 0 Å². The summed E-state index contributed by atoms with van der Waals surface area (Å²) in [5.41, 5.74) is 0. The minimum absolute atomic E-state index is 0.0283. The number of carbonyl (C=O) groups excluding carboxylic acids is 1. The average Bonchev–Trinajstić information content (AvgIpc) is 3.16. The lowest BCUT2D eigenvalue weighted by molar-refractivity contribution is 0.232. The molecule has 24 heavy (non-hydrogen) atoms. The second-order valence-corrected chi connectivity index (χ2v) is 7.54. The summed E-state index contributed by atoms with van der Waals surface area (Å²) >= 11 is 1.67. The Morgan fingerprint density at radius 3 is 2.96 bits per heavy atom. The van der Waals surface area contributed by atoms with E-state index in [4.69, 9.17) is 0 Å². The van der Waals surface area contributed by atoms with Gasteiger partial charge < -0.3 is 15.2 Å². The minimum Gasteiger partial charge on any atom is -0.331 e. The molecule has 2 amide bonds. The predicted octanol–water partition coefficient (Wildman–Crippen LogP) is 3.26. The number of hydrogen-bond donors (Lipinski definition) is 2. The van der Waals surface area contributed by atoms with Crippen molar-refractivity contribution in [3.63, 3.8) is 0 Å². The monoisotopic (exact) mass is 347 g/mol. The SMILES string of the molecule is CC(C)[C@H](NC(=O)NCc1nnc2n1CCCCC2)c1cccs1. The zero-order valence-corrected chi connectivity index (χ0v) is 15.1. The number of amides is 2. The molecular weight excluding hydrogens is 322 g/mol. The van der Waals surface area contributed by atoms with Crippen molar-refractivity contribution in [3.8, 4) is 0 Å². The molecule has 2 aromatic heterocycles. The van der Waals surface area contributed by atoms with Crippen molar-refractivity contribution in [2.45, 2.75) is 58.7 Å². The number of carbonyl (C=O) groups is 1. The number of aromatic nitrogens is 3. The van der Waals surface area contributed by atoms with Crippen LogP contribution in [0.1, 0.15) is 55.7 Å². The maximum Gasteiger partial charge on any atom is 0.315 e. The molecule has 6 nitrogen and oxygen atoms in total. The van der Waals surface area contributed by atoms with Gasteiger partial charge in [-0.25, -0.2) is 4.79 Å². The van der Waals surface area contributed by atoms with Crippen molar-refractivity contribution in [1.82, 2.24) is 25.4 Å². The topological polar surface area (TPSA) is 71.8 Å². The number of thiophene rings is 1. The highest BCUT2D eigenvalue weighted by Crippen LogP contribution is 2.25. The third-order valence-corrected chi connectivity index (χ3v) is 5.35. The molecule has 1 aliphatic heterocycles. The highest BCUT2D eigenvalue weighted by Gasteiger charge is 2.20. The lowest BCUT2D eigenvalue weighted by atomic mass is 10.0. The number of hydrogen-bond acceptors (Lipinski definition) is 4. The molecule has 0 aromatic carbocycles. The lowest BCUT2D eigenvalue weighted by Crippen LogP contribution is -2.39. The Kier molecular flexibility index (Phi) is 5.50. The van der Waals surface area contributed by atoms with E-state index in [-0.39, 0.29) is 12.1 Å². The molecule has 0 radical (unpaired) electrons. The summed E-state index contributed by atoms with van der Waals surface area (Å²) in [5.74, 6) is 2.22. The molecule has 1 aliphatic rings. The van der Waals surface area contributed by atoms with E-state index < -0.39 is 0 Å². The number of aryl methyl sites for hydroxylation is 1. The molecular formula is C17H25N5OS. The Hall–Kier alpha value is -1.89. The van der Waals surface area contributed by atoms with Crippen LogP contribution in [0.25, 0.3) is 0 Å². The molecule has 0 aliphatic carbocycles. The van der Waals surface area contributed by atoms with Gasteiger partial charge in [0.2, 0.25) is 0 Å². The van der Waals surface area contributed by atoms with Crippen LogP contribution in [0.5, 0.6) is 0 Å². The van der Waals surface area contributed by atoms with Gasteiger partial charge in [-0.3, -0.25) is 0 Å². The van der Waals surface area contributed by atoms with Gasteiger partial charge in [-0.2, -0.15) is 0 Å². The van der Waals surface area contributed by atoms with E-state index in [0.717, 1.165) is 31.0 Å². The van der Waals surface area contributed by atoms with Crippen molar-refractivity contribution in [1.29, 1.82) is 0 Å². The van der Waals surface area contributed by atoms with Gasteiger partial charge in [0, 0.05) is 17.8 Å². The van der Waals surface area contributed by atoms with Crippen LogP contribution in [0.15, 0.2) is 17.5 Å². The molecule has 0 fully saturated rings. The van der Waals surface area contributed by atoms with E-state index in [1.165, 1.54) is 17.7 Å². The summed E-state index contributed by atoms with van der Waals surface area (Å²) in [6.45, 7) is 5.59. The van der Waals surface area contributed by atoms with Crippen molar-refractivity contribution in [2.75, 3.05) is 0 Å². The van der Waals surface area contributed by atoms with Gasteiger partial charge >= 0.3 is 6.03 Å². The van der Waals surface area contributed by atoms with Gasteiger partial charge in [0.1, 0.15) is 5.82 Å². The van der Waals surface area contributed by atoms with Crippen molar-refractivity contribution < 1.29 is 4.79 Å². The van der Waals surface area contributed by atoms with Crippen molar-refractivity contribution in [3.05, 3.63) is 34.0 Å². The molecule has 0 spiro atoms. The molecule has 2 N–H and O–H groups in total. The first-order valence-electron chi connectivity index (χ1n) is 8.64. The van der Waals surface area contributed by atoms with E-state index in [1.807, 2.05) is 11.4 Å². The Labute approximate surface area is 146 Å². The fraction of sp³-hybridized carbons (Fsp3) is 0.588. The molecule has 0 saturated heterocycles. The predicted molar refractivity (Wildman–Crippen MR) is 94.8 cm³/mol. The summed E-state index contributed by atoms with van der Waals surface area (Å²) < 4.78 is 2.16. The van der Waals surface area contributed by atoms with Crippen LogP contribution in [0, 0.1) is 5.92 Å². The second kappa shape index (κ2) is 7.79. The van der Waals surface area contributed by atoms with E-state index in [2.05, 4.69) is 45.3 Å². The summed E-state index contributed by atoms with van der Waals surface area (Å²) in [5, 5.41) is 16.6. The number of urea groups is 1. The zero-order valence-electron chi connectivity index (χ0n) is 14.3. The number of nitrogens with zero attached hydrogens (tertiary/aromatic N) is 3. The molecule has 3 heterocycles. The number of fused-ring (bicyclic) bond motifs is 1. The van der Waals surface area contributed by atoms with Crippen LogP contribution in [0.3, 0.4) is 0 Å². The third kappa shape index (κ3) is 3.95. The van der Waals surface area contributed by atoms with E-state index in [9.17, 15) is 4.79 Å². The molecule has 3 rings (SSSR count). The van der Waals surface area contributed by atoms with Crippen LogP contribution in [-0.2, 0) is 19.5 Å². The van der Waals surface area contributed by atoms with Gasteiger partial charge in [-0.05, 0) is 30.2 Å². The molecule has 7 heteroatoms. The fourth-order valence-corrected chi connectivity index (χ4v) is 4.01. The van der Waals surface area contributed by atoms with Crippen LogP contribution in [0.4, 0.5) is 4.79 Å². The normalized spacial score (nSPS) is 15.6. The van der Waals surface area contributed by atoms with Crippen LogP contribution >= 0.6 is 11.3 Å². The minimum atomic E-state index is -0.159. The van der Waals surface area contributed by atoms with Crippen LogP contribution in [-0.4, -0.2) is 20.8 Å². The Balaban J connectivity index is 1.58. The van der Waals surface area contributed by atoms with Gasteiger partial charge in [-0.1, -0.05) is 26.3 Å². The van der Waals surface area contributed by atoms with Gasteiger partial charge in [0.15, 0.2) is 5.82 Å². The number of rotatable bonds is 5. The van der Waals surface area contributed by atoms with Gasteiger partial charge in [0.05, 0.1) is 12.6 Å². The van der Waals surface area contributed by atoms with Crippen LogP contribution in [0.2, 0.25) is 0 Å². The van der Waals surface area contributed by atoms with Crippen molar-refractivity contribution in [2.24, 2.45) is 5.92 Å². The number of nitrogens with one attached hydrogen (secondary N) is 2. The summed E-state index contributed by atoms with van der Waals surface area (Å²) in [4.78, 5) is 13.5. The molecule has 0 saturated carbocycles. The quantitative estimate of drug-likeness (QED) is 0.872. The van der Waals surface area contributed by atoms with Gasteiger partial charge in [-0.15, -0.1) is 21.5 Å². The van der Waals surface area contributed by atoms with Crippen molar-refractivity contribution >= 4 is 17.4 Å². The highest BCUT2D eigenvalue weighted by atomic mass is 32.1. The maximum atomic E-state index is 12.3. The van der Waals surface area contributed by atoms with Crippen LogP contribution < -0.4 is 10.6 Å². The maximum absolute atomic E-state index is 12.3. The first-order chi connectivity index (χ1) is 11.6. The third-order valence-electron chi connectivity index (χ3n) is 4.40. The Bertz CT molecular complexity index is 665. The smallest absolute Gasteiger partial charge is 0.315 e. The lowest BCUT2D eigenvalue weighted by Gasteiger charge is -2.21. The Morgan fingerprint density at radius 2 is 2.21 bits per heavy atom. The van der Waals surface area contributed by atoms with E-state index in [1.54, 1.807) is 11.3 Å². The standard InChI is InChI=1S/C17H25N5OS/c1-12(2)16(13-7-6-10-24-13)19-17(23)18-11-15-21-20-14-8-4-3-5-9-22(14)15/h6-7,10,12,16H,3-5,8-9,11H2,1-2H3,(H2,18,19,23)/t16-/m0/s1. The first kappa shape index (κ1) is 17.0. The highest BCUT2D eigenvalue weighted by molar-refractivity contribution is 7.10.